The van der Waals surface area contributed by atoms with E-state index in [2.05, 4.69) is 130 Å². The van der Waals surface area contributed by atoms with Gasteiger partial charge in [-0.2, -0.15) is 0 Å². The van der Waals surface area contributed by atoms with Crippen LogP contribution < -0.4 is 0 Å². The number of hydrogen-bond donors (Lipinski definition) is 0. The molecule has 0 radical (unpaired) electrons. The number of allylic oxidation sites excluding steroid dienone is 20. The first-order chi connectivity index (χ1) is 34.0. The van der Waals surface area contributed by atoms with Gasteiger partial charge < -0.3 is 14.2 Å². The third kappa shape index (κ3) is 54.6. The van der Waals surface area contributed by atoms with Gasteiger partial charge in [-0.1, -0.05) is 226 Å². The zero-order valence-corrected chi connectivity index (χ0v) is 44.5. The third-order valence-electron chi connectivity index (χ3n) is 11.4. The number of unbranched alkanes of at least 4 members (excludes halogenated alkanes) is 18. The number of ether oxygens (including phenoxy) is 3. The molecule has 0 aromatic heterocycles. The Hall–Kier alpha value is -4.19. The van der Waals surface area contributed by atoms with Crippen molar-refractivity contribution in [2.75, 3.05) is 13.2 Å². The van der Waals surface area contributed by atoms with Crippen molar-refractivity contribution in [3.05, 3.63) is 122 Å². The lowest BCUT2D eigenvalue weighted by Crippen LogP contribution is -2.30. The second kappa shape index (κ2) is 56.4. The van der Waals surface area contributed by atoms with E-state index >= 15 is 0 Å². The fraction of sp³-hybridized carbons (Fsp3) is 0.635. The van der Waals surface area contributed by atoms with Gasteiger partial charge in [-0.05, 0) is 116 Å². The van der Waals surface area contributed by atoms with E-state index in [-0.39, 0.29) is 44.0 Å². The standard InChI is InChI=1S/C63H102O6/c1-4-7-10-13-16-19-22-25-28-30-31-33-35-38-41-44-47-50-53-56-62(65)68-59-60(58-67-61(64)55-52-49-46-43-40-37-34-27-24-21-18-15-12-9-6-3)69-63(66)57-54-51-48-45-42-39-36-32-29-26-23-20-17-14-11-8-5-2/h7,10,16,19,21,24-26,28-29,31,33,36,38-39,41,45,47-48,50,60H,4-6,8-9,11-15,17-18,20,22-23,27,30,32,34-35,37,40,42-44,46,49,51-59H2,1-3H3/b10-7-,19-16-,24-21-,28-25-,29-26-,33-31-,39-36-,41-38-,48-45-,50-47-. The summed E-state index contributed by atoms with van der Waals surface area (Å²) in [6.45, 7) is 6.39. The molecule has 6 nitrogen and oxygen atoms in total. The van der Waals surface area contributed by atoms with Crippen LogP contribution in [0.1, 0.15) is 239 Å². The van der Waals surface area contributed by atoms with Crippen molar-refractivity contribution in [1.82, 2.24) is 0 Å². The van der Waals surface area contributed by atoms with Gasteiger partial charge in [-0.25, -0.2) is 0 Å². The molecule has 6 heteroatoms. The Labute approximate surface area is 424 Å². The van der Waals surface area contributed by atoms with Crippen LogP contribution >= 0.6 is 0 Å². The molecule has 0 aliphatic rings. The number of carbonyl (C=O) groups is 3. The van der Waals surface area contributed by atoms with Gasteiger partial charge in [0, 0.05) is 19.3 Å². The van der Waals surface area contributed by atoms with Crippen LogP contribution in [0.4, 0.5) is 0 Å². The van der Waals surface area contributed by atoms with E-state index in [4.69, 9.17) is 14.2 Å². The predicted molar refractivity (Wildman–Crippen MR) is 297 cm³/mol. The summed E-state index contributed by atoms with van der Waals surface area (Å²) >= 11 is 0. The molecule has 0 aromatic carbocycles. The van der Waals surface area contributed by atoms with E-state index < -0.39 is 6.10 Å². The molecular formula is C63H102O6. The first kappa shape index (κ1) is 64.8. The molecule has 0 rings (SSSR count). The quantitative estimate of drug-likeness (QED) is 0.0262. The Balaban J connectivity index is 4.60. The highest BCUT2D eigenvalue weighted by atomic mass is 16.6. The molecule has 69 heavy (non-hydrogen) atoms. The van der Waals surface area contributed by atoms with Gasteiger partial charge in [-0.15, -0.1) is 0 Å². The molecule has 1 unspecified atom stereocenters. The van der Waals surface area contributed by atoms with Gasteiger partial charge in [0.1, 0.15) is 13.2 Å². The summed E-state index contributed by atoms with van der Waals surface area (Å²) in [6, 6.07) is 0. The van der Waals surface area contributed by atoms with E-state index in [0.29, 0.717) is 19.3 Å². The molecule has 390 valence electrons. The van der Waals surface area contributed by atoms with Gasteiger partial charge >= 0.3 is 17.9 Å². The van der Waals surface area contributed by atoms with Gasteiger partial charge in [-0.3, -0.25) is 14.4 Å². The summed E-state index contributed by atoms with van der Waals surface area (Å²) < 4.78 is 16.7. The molecular weight excluding hydrogens is 853 g/mol. The molecule has 0 saturated heterocycles. The van der Waals surface area contributed by atoms with E-state index in [9.17, 15) is 14.4 Å². The Bertz CT molecular complexity index is 1470. The van der Waals surface area contributed by atoms with Crippen LogP contribution in [0, 0.1) is 0 Å². The molecule has 0 N–H and O–H groups in total. The van der Waals surface area contributed by atoms with Crippen molar-refractivity contribution in [3.63, 3.8) is 0 Å². The van der Waals surface area contributed by atoms with Gasteiger partial charge in [0.15, 0.2) is 6.10 Å². The fourth-order valence-electron chi connectivity index (χ4n) is 7.24. The van der Waals surface area contributed by atoms with Crippen LogP contribution in [0.25, 0.3) is 0 Å². The molecule has 0 aliphatic carbocycles. The van der Waals surface area contributed by atoms with Gasteiger partial charge in [0.2, 0.25) is 0 Å². The van der Waals surface area contributed by atoms with Crippen molar-refractivity contribution in [1.29, 1.82) is 0 Å². The molecule has 0 aliphatic heterocycles. The Kier molecular flexibility index (Phi) is 53.0. The summed E-state index contributed by atoms with van der Waals surface area (Å²) in [4.78, 5) is 38.1. The highest BCUT2D eigenvalue weighted by molar-refractivity contribution is 5.71. The molecule has 0 aromatic rings. The van der Waals surface area contributed by atoms with Crippen LogP contribution in [-0.4, -0.2) is 37.2 Å². The van der Waals surface area contributed by atoms with Crippen LogP contribution in [-0.2, 0) is 28.6 Å². The van der Waals surface area contributed by atoms with Gasteiger partial charge in [0.05, 0.1) is 0 Å². The first-order valence-electron chi connectivity index (χ1n) is 28.0. The van der Waals surface area contributed by atoms with Crippen molar-refractivity contribution in [2.45, 2.75) is 245 Å². The molecule has 0 fully saturated rings. The fourth-order valence-corrected chi connectivity index (χ4v) is 7.24. The molecule has 0 saturated carbocycles. The lowest BCUT2D eigenvalue weighted by Gasteiger charge is -2.18. The summed E-state index contributed by atoms with van der Waals surface area (Å²) in [5.74, 6) is -1.08. The number of esters is 3. The molecule has 0 bridgehead atoms. The van der Waals surface area contributed by atoms with E-state index in [0.717, 1.165) is 77.0 Å². The minimum Gasteiger partial charge on any atom is -0.462 e. The Morgan fingerprint density at radius 2 is 0.609 bits per heavy atom. The number of carbonyl (C=O) groups excluding carboxylic acids is 3. The third-order valence-corrected chi connectivity index (χ3v) is 11.4. The SMILES string of the molecule is CC/C=C\C/C=C\C/C=C\C/C=C\C/C=C\C/C=C\CCC(=O)OCC(COC(=O)CCCCCCCCC/C=C\CCCCCC)OC(=O)CCC/C=C\C/C=C\C/C=C\CCCCCCCC. The van der Waals surface area contributed by atoms with Crippen molar-refractivity contribution in [3.8, 4) is 0 Å². The number of rotatable bonds is 49. The van der Waals surface area contributed by atoms with Gasteiger partial charge in [0.25, 0.3) is 0 Å². The molecule has 1 atom stereocenters. The largest absolute Gasteiger partial charge is 0.462 e. The second-order valence-electron chi connectivity index (χ2n) is 18.1. The predicted octanol–water partition coefficient (Wildman–Crippen LogP) is 18.9. The second-order valence-corrected chi connectivity index (χ2v) is 18.1. The first-order valence-corrected chi connectivity index (χ1v) is 28.0. The van der Waals surface area contributed by atoms with Crippen LogP contribution in [0.15, 0.2) is 122 Å². The van der Waals surface area contributed by atoms with Crippen molar-refractivity contribution < 1.29 is 28.6 Å². The zero-order valence-electron chi connectivity index (χ0n) is 44.5. The molecule has 0 amide bonds. The van der Waals surface area contributed by atoms with E-state index in [1.807, 2.05) is 12.2 Å². The zero-order chi connectivity index (χ0) is 50.0. The molecule has 0 spiro atoms. The topological polar surface area (TPSA) is 78.9 Å². The lowest BCUT2D eigenvalue weighted by atomic mass is 10.1. The average Bonchev–Trinajstić information content (AvgIpc) is 3.35. The summed E-state index contributed by atoms with van der Waals surface area (Å²) in [5, 5.41) is 0. The van der Waals surface area contributed by atoms with Crippen molar-refractivity contribution >= 4 is 17.9 Å². The summed E-state index contributed by atoms with van der Waals surface area (Å²) in [7, 11) is 0. The van der Waals surface area contributed by atoms with Crippen LogP contribution in [0.3, 0.4) is 0 Å². The van der Waals surface area contributed by atoms with Crippen molar-refractivity contribution in [2.24, 2.45) is 0 Å². The number of hydrogen-bond acceptors (Lipinski definition) is 6. The monoisotopic (exact) mass is 955 g/mol. The van der Waals surface area contributed by atoms with E-state index in [1.54, 1.807) is 0 Å². The Morgan fingerprint density at radius 3 is 1.04 bits per heavy atom. The van der Waals surface area contributed by atoms with E-state index in [1.165, 1.54) is 109 Å². The van der Waals surface area contributed by atoms with Crippen LogP contribution in [0.2, 0.25) is 0 Å². The summed E-state index contributed by atoms with van der Waals surface area (Å²) in [5.41, 5.74) is 0. The Morgan fingerprint density at radius 1 is 0.304 bits per heavy atom. The highest BCUT2D eigenvalue weighted by Gasteiger charge is 2.19. The lowest BCUT2D eigenvalue weighted by molar-refractivity contribution is -0.166. The minimum absolute atomic E-state index is 0.126. The summed E-state index contributed by atoms with van der Waals surface area (Å²) in [6.07, 6.45) is 77.7. The van der Waals surface area contributed by atoms with Crippen LogP contribution in [0.5, 0.6) is 0 Å². The normalized spacial score (nSPS) is 13.0. The maximum absolute atomic E-state index is 12.8. The minimum atomic E-state index is -0.840. The average molecular weight is 956 g/mol. The molecule has 0 heterocycles. The maximum Gasteiger partial charge on any atom is 0.306 e. The maximum atomic E-state index is 12.8. The highest BCUT2D eigenvalue weighted by Crippen LogP contribution is 2.13. The smallest absolute Gasteiger partial charge is 0.306 e.